The van der Waals surface area contributed by atoms with Crippen molar-refractivity contribution in [3.8, 4) is 0 Å². The van der Waals surface area contributed by atoms with Crippen LogP contribution in [0.1, 0.15) is 5.01 Å². The van der Waals surface area contributed by atoms with Crippen molar-refractivity contribution >= 4 is 16.5 Å². The van der Waals surface area contributed by atoms with Gasteiger partial charge in [-0.3, -0.25) is 0 Å². The van der Waals surface area contributed by atoms with Crippen LogP contribution in [0, 0.1) is 11.8 Å². The Hall–Kier alpha value is -1.04. The first-order valence-corrected chi connectivity index (χ1v) is 3.03. The van der Waals surface area contributed by atoms with E-state index in [4.69, 9.17) is 0 Å². The quantitative estimate of drug-likeness (QED) is 0.495. The third-order valence-electron chi connectivity index (χ3n) is 0.667. The Morgan fingerprint density at radius 2 is 2.44 bits per heavy atom. The van der Waals surface area contributed by atoms with Gasteiger partial charge in [-0.05, 0) is 6.92 Å². The van der Waals surface area contributed by atoms with Gasteiger partial charge in [0.1, 0.15) is 5.01 Å². The van der Waals surface area contributed by atoms with Crippen LogP contribution in [0.3, 0.4) is 0 Å². The first kappa shape index (κ1) is 6.09. The summed E-state index contributed by atoms with van der Waals surface area (Å²) in [6.07, 6.45) is 0. The molecule has 0 aliphatic rings. The third kappa shape index (κ3) is 1.43. The zero-order chi connectivity index (χ0) is 6.69. The van der Waals surface area contributed by atoms with Crippen molar-refractivity contribution in [3.05, 3.63) is 9.91 Å². The molecule has 1 heterocycles. The first-order valence-electron chi connectivity index (χ1n) is 2.21. The molecule has 1 rings (SSSR count). The van der Waals surface area contributed by atoms with Crippen molar-refractivity contribution in [3.63, 3.8) is 0 Å². The number of nitrogens with zero attached hydrogens (tertiary/aromatic N) is 3. The molecule has 0 aromatic carbocycles. The molecule has 48 valence electrons. The van der Waals surface area contributed by atoms with Gasteiger partial charge in [0.05, 0.1) is 5.29 Å². The van der Waals surface area contributed by atoms with E-state index in [1.54, 1.807) is 6.92 Å². The molecular formula is C3H4N4OS. The van der Waals surface area contributed by atoms with Gasteiger partial charge in [0.15, 0.2) is 0 Å². The monoisotopic (exact) mass is 144 g/mol. The van der Waals surface area contributed by atoms with Crippen molar-refractivity contribution in [2.45, 2.75) is 6.92 Å². The van der Waals surface area contributed by atoms with Gasteiger partial charge in [-0.2, -0.15) is 0 Å². The number of rotatable bonds is 2. The maximum absolute atomic E-state index is 9.56. The molecule has 0 aliphatic heterocycles. The molecule has 0 amide bonds. The van der Waals surface area contributed by atoms with Gasteiger partial charge in [0, 0.05) is 0 Å². The fraction of sp³-hybridized carbons (Fsp3) is 0.333. The summed E-state index contributed by atoms with van der Waals surface area (Å²) in [5.74, 6) is 0. The number of aryl methyl sites for hydroxylation is 1. The molecule has 0 atom stereocenters. The molecule has 1 aromatic rings. The molecule has 0 saturated carbocycles. The molecule has 5 nitrogen and oxygen atoms in total. The Morgan fingerprint density at radius 3 is 2.89 bits per heavy atom. The number of hydrogen-bond acceptors (Lipinski definition) is 5. The summed E-state index contributed by atoms with van der Waals surface area (Å²) >= 11 is 1.29. The summed E-state index contributed by atoms with van der Waals surface area (Å²) in [5, 5.41) is 10.9. The van der Waals surface area contributed by atoms with E-state index in [-0.39, 0.29) is 0 Å². The average Bonchev–Trinajstić information content (AvgIpc) is 2.17. The average molecular weight is 144 g/mol. The first-order chi connectivity index (χ1) is 4.33. The van der Waals surface area contributed by atoms with Crippen LogP contribution in [-0.2, 0) is 0 Å². The maximum Gasteiger partial charge on any atom is 0.228 e. The van der Waals surface area contributed by atoms with Gasteiger partial charge in [0.25, 0.3) is 0 Å². The van der Waals surface area contributed by atoms with E-state index < -0.39 is 0 Å². The minimum atomic E-state index is 0.433. The highest BCUT2D eigenvalue weighted by Crippen LogP contribution is 2.12. The van der Waals surface area contributed by atoms with E-state index in [2.05, 4.69) is 20.9 Å². The van der Waals surface area contributed by atoms with E-state index in [9.17, 15) is 4.91 Å². The molecule has 1 N–H and O–H groups in total. The van der Waals surface area contributed by atoms with Gasteiger partial charge in [-0.25, -0.2) is 5.43 Å². The van der Waals surface area contributed by atoms with Crippen molar-refractivity contribution < 1.29 is 0 Å². The lowest BCUT2D eigenvalue weighted by Crippen LogP contribution is -1.82. The van der Waals surface area contributed by atoms with Crippen LogP contribution in [0.25, 0.3) is 0 Å². The minimum absolute atomic E-state index is 0.433. The summed E-state index contributed by atoms with van der Waals surface area (Å²) in [6, 6.07) is 0. The van der Waals surface area contributed by atoms with Crippen molar-refractivity contribution in [2.75, 3.05) is 5.43 Å². The lowest BCUT2D eigenvalue weighted by Gasteiger charge is -1.79. The van der Waals surface area contributed by atoms with Crippen molar-refractivity contribution in [2.24, 2.45) is 5.29 Å². The summed E-state index contributed by atoms with van der Waals surface area (Å²) in [4.78, 5) is 9.56. The highest BCUT2D eigenvalue weighted by atomic mass is 32.1. The van der Waals surface area contributed by atoms with Gasteiger partial charge < -0.3 is 0 Å². The third-order valence-corrected chi connectivity index (χ3v) is 1.41. The molecule has 9 heavy (non-hydrogen) atoms. The van der Waals surface area contributed by atoms with Crippen LogP contribution in [0.4, 0.5) is 5.13 Å². The summed E-state index contributed by atoms with van der Waals surface area (Å²) in [7, 11) is 0. The van der Waals surface area contributed by atoms with Gasteiger partial charge in [-0.15, -0.1) is 15.1 Å². The highest BCUT2D eigenvalue weighted by molar-refractivity contribution is 7.15. The van der Waals surface area contributed by atoms with Gasteiger partial charge in [0.2, 0.25) is 5.13 Å². The Labute approximate surface area is 55.1 Å². The molecule has 1 aromatic heterocycles. The number of nitrogens with one attached hydrogen (secondary N) is 1. The van der Waals surface area contributed by atoms with Crippen LogP contribution >= 0.6 is 11.3 Å². The Balaban J connectivity index is 2.72. The van der Waals surface area contributed by atoms with E-state index >= 15 is 0 Å². The van der Waals surface area contributed by atoms with E-state index in [1.165, 1.54) is 11.3 Å². The molecule has 0 spiro atoms. The lowest BCUT2D eigenvalue weighted by molar-refractivity contribution is 1.04. The van der Waals surface area contributed by atoms with Crippen LogP contribution in [-0.4, -0.2) is 10.2 Å². The maximum atomic E-state index is 9.56. The SMILES string of the molecule is Cc1nnc(NN=O)s1. The van der Waals surface area contributed by atoms with E-state index in [0.29, 0.717) is 5.13 Å². The molecule has 6 heteroatoms. The second-order valence-electron chi connectivity index (χ2n) is 1.33. The van der Waals surface area contributed by atoms with Crippen LogP contribution in [0.5, 0.6) is 0 Å². The lowest BCUT2D eigenvalue weighted by atomic mass is 10.9. The molecule has 0 aliphatic carbocycles. The predicted molar refractivity (Wildman–Crippen MR) is 34.1 cm³/mol. The van der Waals surface area contributed by atoms with Crippen molar-refractivity contribution in [1.29, 1.82) is 0 Å². The van der Waals surface area contributed by atoms with Crippen LogP contribution < -0.4 is 5.43 Å². The highest BCUT2D eigenvalue weighted by Gasteiger charge is 1.95. The van der Waals surface area contributed by atoms with Gasteiger partial charge >= 0.3 is 0 Å². The number of hydrogen-bond donors (Lipinski definition) is 1. The van der Waals surface area contributed by atoms with Crippen molar-refractivity contribution in [1.82, 2.24) is 10.2 Å². The largest absolute Gasteiger partial charge is 0.228 e. The predicted octanol–water partition coefficient (Wildman–Crippen LogP) is 0.940. The zero-order valence-electron chi connectivity index (χ0n) is 4.66. The number of anilines is 1. The van der Waals surface area contributed by atoms with Crippen LogP contribution in [0.2, 0.25) is 0 Å². The second kappa shape index (κ2) is 2.49. The summed E-state index contributed by atoms with van der Waals surface area (Å²) in [5.41, 5.74) is 2.14. The molecule has 0 bridgehead atoms. The fourth-order valence-corrected chi connectivity index (χ4v) is 0.907. The minimum Gasteiger partial charge on any atom is -0.214 e. The Kier molecular flexibility index (Phi) is 1.69. The zero-order valence-corrected chi connectivity index (χ0v) is 5.47. The Bertz CT molecular complexity index is 209. The van der Waals surface area contributed by atoms with E-state index in [0.717, 1.165) is 5.01 Å². The normalized spacial score (nSPS) is 9.00. The molecule has 0 fully saturated rings. The molecule has 0 unspecified atom stereocenters. The summed E-state index contributed by atoms with van der Waals surface area (Å²) < 4.78 is 0. The molecular weight excluding hydrogens is 140 g/mol. The van der Waals surface area contributed by atoms with E-state index in [1.807, 2.05) is 0 Å². The smallest absolute Gasteiger partial charge is 0.214 e. The second-order valence-corrected chi connectivity index (χ2v) is 2.51. The summed E-state index contributed by atoms with van der Waals surface area (Å²) in [6.45, 7) is 1.80. The number of aromatic nitrogens is 2. The molecule has 0 saturated heterocycles. The standard InChI is InChI=1S/C3H4N4OS/c1-2-4-5-3(9-2)6-7-8/h1H3,(H,5,6,8). The van der Waals surface area contributed by atoms with Crippen LogP contribution in [0.15, 0.2) is 5.29 Å². The topological polar surface area (TPSA) is 67.2 Å². The fourth-order valence-electron chi connectivity index (χ4n) is 0.381. The molecule has 0 radical (unpaired) electrons. The Morgan fingerprint density at radius 1 is 1.67 bits per heavy atom. The van der Waals surface area contributed by atoms with Gasteiger partial charge in [-0.1, -0.05) is 11.3 Å². The number of nitroso groups, excluding NO2 is 1.